The van der Waals surface area contributed by atoms with Crippen LogP contribution in [0.3, 0.4) is 0 Å². The summed E-state index contributed by atoms with van der Waals surface area (Å²) < 4.78 is 0.614. The second kappa shape index (κ2) is 4.50. The largest absolute Gasteiger partial charge is 1.00 e. The third-order valence-corrected chi connectivity index (χ3v) is 9.45. The summed E-state index contributed by atoms with van der Waals surface area (Å²) in [6.07, 6.45) is 7.74. The summed E-state index contributed by atoms with van der Waals surface area (Å²) in [6.45, 7) is 0. The van der Waals surface area contributed by atoms with Crippen LogP contribution < -0.4 is 18.1 Å². The molecule has 1 nitrogen and oxygen atoms in total. The van der Waals surface area contributed by atoms with Gasteiger partial charge in [0.05, 0.1) is 4.08 Å². The second-order valence-corrected chi connectivity index (χ2v) is 9.26. The zero-order valence-electron chi connectivity index (χ0n) is 10.1. The Hall–Kier alpha value is 0.950. The summed E-state index contributed by atoms with van der Waals surface area (Å²) in [5, 5.41) is 0. The number of rotatable bonds is 0. The maximum Gasteiger partial charge on any atom is 0.0668 e. The predicted octanol–water partition coefficient (Wildman–Crippen LogP) is -0.0499. The molecule has 5 aliphatic rings. The average molecular weight is 291 g/mol. The molecule has 0 amide bonds. The molecule has 0 aromatic rings. The zero-order chi connectivity index (χ0) is 10.8. The first-order chi connectivity index (χ1) is 7.76. The molecule has 1 heterocycles. The van der Waals surface area contributed by atoms with Gasteiger partial charge in [-0.2, -0.15) is 0 Å². The lowest BCUT2D eigenvalue weighted by Gasteiger charge is -2.62. The molecule has 5 fully saturated rings. The summed E-state index contributed by atoms with van der Waals surface area (Å²) in [7, 11) is 0. The minimum Gasteiger partial charge on any atom is -1.00 e. The second-order valence-electron chi connectivity index (χ2n) is 6.41. The fourth-order valence-corrected chi connectivity index (χ4v) is 8.67. The molecule has 1 spiro atoms. The molecular formula is C13H21ClNS2-. The van der Waals surface area contributed by atoms with Crippen molar-refractivity contribution in [2.45, 2.75) is 42.2 Å². The van der Waals surface area contributed by atoms with Crippen molar-refractivity contribution in [2.75, 3.05) is 11.5 Å². The van der Waals surface area contributed by atoms with Gasteiger partial charge in [0.15, 0.2) is 0 Å². The summed E-state index contributed by atoms with van der Waals surface area (Å²) >= 11 is 4.49. The van der Waals surface area contributed by atoms with E-state index in [1.807, 2.05) is 0 Å². The topological polar surface area (TPSA) is 26.0 Å². The average Bonchev–Trinajstić information content (AvgIpc) is 2.27. The molecule has 0 aromatic carbocycles. The highest BCUT2D eigenvalue weighted by atomic mass is 35.5. The van der Waals surface area contributed by atoms with E-state index in [2.05, 4.69) is 23.5 Å². The van der Waals surface area contributed by atoms with Crippen LogP contribution in [0.1, 0.15) is 32.1 Å². The Bertz CT molecular complexity index is 272. The Morgan fingerprint density at radius 1 is 0.824 bits per heavy atom. The Kier molecular flexibility index (Phi) is 3.43. The number of nitrogens with two attached hydrogens (primary N) is 1. The summed E-state index contributed by atoms with van der Waals surface area (Å²) in [6, 6.07) is 0.456. The highest BCUT2D eigenvalue weighted by molar-refractivity contribution is 8.18. The Morgan fingerprint density at radius 2 is 1.29 bits per heavy atom. The number of hydrogen-bond acceptors (Lipinski definition) is 3. The van der Waals surface area contributed by atoms with Crippen molar-refractivity contribution in [2.24, 2.45) is 29.4 Å². The van der Waals surface area contributed by atoms with E-state index in [4.69, 9.17) is 5.73 Å². The van der Waals surface area contributed by atoms with Crippen molar-refractivity contribution in [3.05, 3.63) is 0 Å². The minimum atomic E-state index is 0. The third kappa shape index (κ3) is 1.87. The molecule has 1 saturated heterocycles. The molecule has 4 heteroatoms. The maximum atomic E-state index is 6.07. The molecule has 1 aliphatic heterocycles. The molecule has 98 valence electrons. The van der Waals surface area contributed by atoms with E-state index in [9.17, 15) is 0 Å². The van der Waals surface area contributed by atoms with E-state index < -0.39 is 0 Å². The van der Waals surface area contributed by atoms with Crippen molar-refractivity contribution in [1.82, 2.24) is 0 Å². The van der Waals surface area contributed by atoms with Gasteiger partial charge in [-0.25, -0.2) is 0 Å². The van der Waals surface area contributed by atoms with Crippen LogP contribution in [0.2, 0.25) is 0 Å². The van der Waals surface area contributed by atoms with E-state index in [-0.39, 0.29) is 12.4 Å². The standard InChI is InChI=1S/C13H21NS2.ClH/c14-12-6-15-13(16-7-12)10-2-8-1-9(4-10)5-11(13)3-8;/h8-12H,1-7,14H2;1H/p-1. The smallest absolute Gasteiger partial charge is 0.0668 e. The van der Waals surface area contributed by atoms with E-state index in [0.717, 1.165) is 23.7 Å². The molecule has 0 aromatic heterocycles. The molecule has 0 unspecified atom stereocenters. The van der Waals surface area contributed by atoms with Crippen molar-refractivity contribution in [1.29, 1.82) is 0 Å². The summed E-state index contributed by atoms with van der Waals surface area (Å²) in [4.78, 5) is 0. The molecule has 0 radical (unpaired) electrons. The van der Waals surface area contributed by atoms with Gasteiger partial charge in [-0.1, -0.05) is 0 Å². The molecule has 4 aliphatic carbocycles. The van der Waals surface area contributed by atoms with Crippen LogP contribution in [-0.4, -0.2) is 21.6 Å². The third-order valence-electron chi connectivity index (χ3n) is 5.32. The van der Waals surface area contributed by atoms with Gasteiger partial charge in [-0.15, -0.1) is 23.5 Å². The highest BCUT2D eigenvalue weighted by Gasteiger charge is 2.58. The fraction of sp³-hybridized carbons (Fsp3) is 1.00. The van der Waals surface area contributed by atoms with Crippen LogP contribution in [0, 0.1) is 23.7 Å². The zero-order valence-corrected chi connectivity index (χ0v) is 12.5. The van der Waals surface area contributed by atoms with E-state index in [1.165, 1.54) is 11.5 Å². The van der Waals surface area contributed by atoms with Crippen LogP contribution in [-0.2, 0) is 0 Å². The van der Waals surface area contributed by atoms with Crippen molar-refractivity contribution in [3.63, 3.8) is 0 Å². The SMILES string of the molecule is NC1CSC2(SC1)C1CC3CC(C1)CC2C3.[Cl-]. The molecule has 17 heavy (non-hydrogen) atoms. The van der Waals surface area contributed by atoms with Crippen molar-refractivity contribution >= 4 is 23.5 Å². The van der Waals surface area contributed by atoms with Crippen molar-refractivity contribution < 1.29 is 12.4 Å². The predicted molar refractivity (Wildman–Crippen MR) is 72.7 cm³/mol. The maximum absolute atomic E-state index is 6.07. The Labute approximate surface area is 119 Å². The first-order valence-electron chi connectivity index (χ1n) is 6.80. The van der Waals surface area contributed by atoms with Gasteiger partial charge in [0.25, 0.3) is 0 Å². The van der Waals surface area contributed by atoms with Crippen LogP contribution >= 0.6 is 23.5 Å². The van der Waals surface area contributed by atoms with Crippen LogP contribution in [0.4, 0.5) is 0 Å². The van der Waals surface area contributed by atoms with Gasteiger partial charge >= 0.3 is 0 Å². The monoisotopic (exact) mass is 290 g/mol. The summed E-state index contributed by atoms with van der Waals surface area (Å²) in [5.74, 6) is 6.71. The molecule has 2 N–H and O–H groups in total. The minimum absolute atomic E-state index is 0. The first kappa shape index (κ1) is 13.0. The number of halogens is 1. The van der Waals surface area contributed by atoms with Gasteiger partial charge in [-0.05, 0) is 55.8 Å². The Balaban J connectivity index is 0.000000902. The van der Waals surface area contributed by atoms with E-state index in [0.29, 0.717) is 10.1 Å². The van der Waals surface area contributed by atoms with Crippen LogP contribution in [0.25, 0.3) is 0 Å². The first-order valence-corrected chi connectivity index (χ1v) is 8.77. The van der Waals surface area contributed by atoms with Crippen molar-refractivity contribution in [3.8, 4) is 0 Å². The van der Waals surface area contributed by atoms with Gasteiger partial charge < -0.3 is 18.1 Å². The normalized spacial score (nSPS) is 55.9. The fourth-order valence-electron chi connectivity index (χ4n) is 4.88. The van der Waals surface area contributed by atoms with Crippen LogP contribution in [0.5, 0.6) is 0 Å². The quantitative estimate of drug-likeness (QED) is 0.678. The van der Waals surface area contributed by atoms with Gasteiger partial charge in [0, 0.05) is 17.5 Å². The lowest BCUT2D eigenvalue weighted by Crippen LogP contribution is -3.00. The molecule has 4 saturated carbocycles. The van der Waals surface area contributed by atoms with Crippen LogP contribution in [0.15, 0.2) is 0 Å². The molecule has 4 bridgehead atoms. The van der Waals surface area contributed by atoms with Gasteiger partial charge in [0.1, 0.15) is 0 Å². The van der Waals surface area contributed by atoms with Gasteiger partial charge in [0.2, 0.25) is 0 Å². The van der Waals surface area contributed by atoms with Gasteiger partial charge in [-0.3, -0.25) is 0 Å². The highest BCUT2D eigenvalue weighted by Crippen LogP contribution is 2.67. The summed E-state index contributed by atoms with van der Waals surface area (Å²) in [5.41, 5.74) is 6.07. The lowest BCUT2D eigenvalue weighted by atomic mass is 9.56. The number of hydrogen-bond donors (Lipinski definition) is 1. The molecule has 5 rings (SSSR count). The molecule has 0 atom stereocenters. The molecular weight excluding hydrogens is 270 g/mol. The van der Waals surface area contributed by atoms with E-state index >= 15 is 0 Å². The number of thioether (sulfide) groups is 2. The van der Waals surface area contributed by atoms with E-state index in [1.54, 1.807) is 32.1 Å². The Morgan fingerprint density at radius 3 is 1.76 bits per heavy atom. The lowest BCUT2D eigenvalue weighted by molar-refractivity contribution is -0.00000729.